The Morgan fingerprint density at radius 2 is 1.82 bits per heavy atom. The van der Waals surface area contributed by atoms with Crippen molar-refractivity contribution < 1.29 is 19.4 Å². The molecule has 2 atom stereocenters. The maximum Gasteiger partial charge on any atom is 0.301 e. The maximum absolute atomic E-state index is 13.6. The quantitative estimate of drug-likeness (QED) is 0.163. The van der Waals surface area contributed by atoms with Crippen molar-refractivity contribution in [2.75, 3.05) is 4.90 Å². The van der Waals surface area contributed by atoms with Gasteiger partial charge in [-0.2, -0.15) is 0 Å². The smallest absolute Gasteiger partial charge is 0.301 e. The molecule has 2 aliphatic heterocycles. The largest absolute Gasteiger partial charge is 0.507 e. The zero-order valence-corrected chi connectivity index (χ0v) is 23.6. The molecule has 39 heavy (non-hydrogen) atoms. The van der Waals surface area contributed by atoms with E-state index >= 15 is 0 Å². The van der Waals surface area contributed by atoms with Crippen molar-refractivity contribution >= 4 is 55.7 Å². The number of aromatic nitrogens is 1. The van der Waals surface area contributed by atoms with Crippen molar-refractivity contribution in [2.24, 2.45) is 0 Å². The molecule has 0 bridgehead atoms. The van der Waals surface area contributed by atoms with Gasteiger partial charge in [0, 0.05) is 17.0 Å². The summed E-state index contributed by atoms with van der Waals surface area (Å²) < 4.78 is 6.60. The number of Topliss-reactive ketones (excluding diaryl/α,β-unsaturated/α-hetero) is 1. The van der Waals surface area contributed by atoms with Crippen molar-refractivity contribution in [3.63, 3.8) is 0 Å². The molecule has 3 aromatic carbocycles. The Balaban J connectivity index is 1.53. The van der Waals surface area contributed by atoms with Gasteiger partial charge in [-0.05, 0) is 65.4 Å². The van der Waals surface area contributed by atoms with E-state index in [-0.39, 0.29) is 22.9 Å². The number of anilines is 1. The highest BCUT2D eigenvalue weighted by molar-refractivity contribution is 7.22. The summed E-state index contributed by atoms with van der Waals surface area (Å²) >= 11 is 7.48. The fraction of sp³-hybridized carbons (Fsp3) is 0.258. The SMILES string of the molecule is C[C@@H]1Cc2cc(/C(O)=C3\C(=O)C(=O)N(c4nc5ccc(Cl)cc5s4)[C@H]3c3ccc(C(C)(C)C)cc3)ccc2O1. The highest BCUT2D eigenvalue weighted by atomic mass is 35.5. The summed E-state index contributed by atoms with van der Waals surface area (Å²) in [4.78, 5) is 33.2. The average Bonchev–Trinajstić information content (AvgIpc) is 3.55. The molecule has 3 heterocycles. The van der Waals surface area contributed by atoms with Crippen LogP contribution >= 0.6 is 22.9 Å². The summed E-state index contributed by atoms with van der Waals surface area (Å²) in [5.74, 6) is -0.932. The van der Waals surface area contributed by atoms with E-state index in [0.717, 1.165) is 21.6 Å². The van der Waals surface area contributed by atoms with E-state index < -0.39 is 17.7 Å². The molecule has 6 rings (SSSR count). The van der Waals surface area contributed by atoms with Crippen molar-refractivity contribution in [3.05, 3.63) is 93.5 Å². The van der Waals surface area contributed by atoms with Gasteiger partial charge in [-0.3, -0.25) is 14.5 Å². The van der Waals surface area contributed by atoms with Gasteiger partial charge >= 0.3 is 5.91 Å². The molecule has 4 aromatic rings. The highest BCUT2D eigenvalue weighted by Crippen LogP contribution is 2.45. The number of aliphatic hydroxyl groups excluding tert-OH is 1. The van der Waals surface area contributed by atoms with Crippen LogP contribution < -0.4 is 9.64 Å². The van der Waals surface area contributed by atoms with Gasteiger partial charge in [-0.25, -0.2) is 4.98 Å². The number of hydrogen-bond donors (Lipinski definition) is 1. The molecule has 0 radical (unpaired) electrons. The Bertz CT molecular complexity index is 1680. The number of carbonyl (C=O) groups is 2. The molecule has 8 heteroatoms. The Hall–Kier alpha value is -3.68. The Kier molecular flexibility index (Phi) is 6.04. The van der Waals surface area contributed by atoms with E-state index in [1.165, 1.54) is 16.2 Å². The van der Waals surface area contributed by atoms with Crippen LogP contribution in [0.5, 0.6) is 5.75 Å². The Labute approximate surface area is 235 Å². The summed E-state index contributed by atoms with van der Waals surface area (Å²) in [6, 6.07) is 17.7. The molecular formula is C31H27ClN2O4S. The number of aliphatic hydroxyl groups is 1. The van der Waals surface area contributed by atoms with E-state index in [9.17, 15) is 14.7 Å². The molecule has 2 aliphatic rings. The normalized spacial score (nSPS) is 20.5. The first-order valence-corrected chi connectivity index (χ1v) is 14.0. The third-order valence-corrected chi connectivity index (χ3v) is 8.50. The highest BCUT2D eigenvalue weighted by Gasteiger charge is 2.48. The van der Waals surface area contributed by atoms with Gasteiger partial charge in [0.25, 0.3) is 5.78 Å². The maximum atomic E-state index is 13.6. The molecule has 6 nitrogen and oxygen atoms in total. The van der Waals surface area contributed by atoms with E-state index in [1.807, 2.05) is 37.3 Å². The molecule has 1 saturated heterocycles. The molecule has 0 unspecified atom stereocenters. The zero-order valence-electron chi connectivity index (χ0n) is 22.0. The molecule has 0 spiro atoms. The van der Waals surface area contributed by atoms with Crippen molar-refractivity contribution in [3.8, 4) is 5.75 Å². The number of halogens is 1. The predicted molar refractivity (Wildman–Crippen MR) is 155 cm³/mol. The number of ketones is 1. The van der Waals surface area contributed by atoms with Crippen LogP contribution in [0.4, 0.5) is 5.13 Å². The topological polar surface area (TPSA) is 79.7 Å². The second-order valence-corrected chi connectivity index (χ2v) is 12.6. The van der Waals surface area contributed by atoms with Crippen LogP contribution in [0.15, 0.2) is 66.2 Å². The standard InChI is InChI=1S/C31H27ClN2O4S/c1-16-13-19-14-18(7-12-23(19)38-16)27(35)25-26(17-5-8-20(9-6-17)31(2,3)4)34(29(37)28(25)36)30-33-22-11-10-21(32)15-24(22)39-30/h5-12,14-16,26,35H,13H2,1-4H3/b27-25+/t16-,26+/m1/s1. The van der Waals surface area contributed by atoms with Crippen LogP contribution in [0.25, 0.3) is 16.0 Å². The van der Waals surface area contributed by atoms with Crippen LogP contribution in [0.1, 0.15) is 56.0 Å². The number of nitrogens with zero attached hydrogens (tertiary/aromatic N) is 2. The summed E-state index contributed by atoms with van der Waals surface area (Å²) in [6.07, 6.45) is 0.744. The van der Waals surface area contributed by atoms with Crippen LogP contribution in [0, 0.1) is 0 Å². The van der Waals surface area contributed by atoms with Crippen molar-refractivity contribution in [1.29, 1.82) is 0 Å². The van der Waals surface area contributed by atoms with Crippen molar-refractivity contribution in [2.45, 2.75) is 51.7 Å². The van der Waals surface area contributed by atoms with Gasteiger partial charge in [-0.15, -0.1) is 0 Å². The van der Waals surface area contributed by atoms with Crippen molar-refractivity contribution in [1.82, 2.24) is 4.98 Å². The number of ether oxygens (including phenoxy) is 1. The number of hydrogen-bond acceptors (Lipinski definition) is 6. The van der Waals surface area contributed by atoms with Gasteiger partial charge in [0.1, 0.15) is 17.6 Å². The molecule has 1 N–H and O–H groups in total. The first-order chi connectivity index (χ1) is 18.5. The Morgan fingerprint density at radius 3 is 2.54 bits per heavy atom. The lowest BCUT2D eigenvalue weighted by molar-refractivity contribution is -0.132. The minimum absolute atomic E-state index is 0.0349. The number of carbonyl (C=O) groups excluding carboxylic acids is 2. The third kappa shape index (κ3) is 4.39. The third-order valence-electron chi connectivity index (χ3n) is 7.25. The van der Waals surface area contributed by atoms with E-state index in [4.69, 9.17) is 16.3 Å². The number of fused-ring (bicyclic) bond motifs is 2. The molecule has 1 amide bonds. The second-order valence-electron chi connectivity index (χ2n) is 11.1. The molecule has 198 valence electrons. The lowest BCUT2D eigenvalue weighted by Gasteiger charge is -2.24. The fourth-order valence-corrected chi connectivity index (χ4v) is 6.49. The molecule has 1 fully saturated rings. The van der Waals surface area contributed by atoms with Gasteiger partial charge in [0.2, 0.25) is 0 Å². The minimum Gasteiger partial charge on any atom is -0.507 e. The fourth-order valence-electron chi connectivity index (χ4n) is 5.22. The lowest BCUT2D eigenvalue weighted by Crippen LogP contribution is -2.29. The first-order valence-electron chi connectivity index (χ1n) is 12.8. The molecule has 0 aliphatic carbocycles. The molecular weight excluding hydrogens is 532 g/mol. The van der Waals surface area contributed by atoms with Gasteiger partial charge < -0.3 is 9.84 Å². The summed E-state index contributed by atoms with van der Waals surface area (Å²) in [5.41, 5.74) is 3.89. The monoisotopic (exact) mass is 558 g/mol. The van der Waals surface area contributed by atoms with Crippen LogP contribution in [0.3, 0.4) is 0 Å². The summed E-state index contributed by atoms with van der Waals surface area (Å²) in [7, 11) is 0. The Morgan fingerprint density at radius 1 is 1.08 bits per heavy atom. The van der Waals surface area contributed by atoms with Crippen LogP contribution in [0.2, 0.25) is 5.02 Å². The molecule has 0 saturated carbocycles. The second kappa shape index (κ2) is 9.21. The minimum atomic E-state index is -0.849. The van der Waals surface area contributed by atoms with Gasteiger partial charge in [0.15, 0.2) is 5.13 Å². The van der Waals surface area contributed by atoms with E-state index in [1.54, 1.807) is 30.3 Å². The number of amides is 1. The van der Waals surface area contributed by atoms with Crippen LogP contribution in [-0.4, -0.2) is 27.9 Å². The van der Waals surface area contributed by atoms with Crippen LogP contribution in [-0.2, 0) is 21.4 Å². The summed E-state index contributed by atoms with van der Waals surface area (Å²) in [6.45, 7) is 8.35. The van der Waals surface area contributed by atoms with Gasteiger partial charge in [-0.1, -0.05) is 68.0 Å². The lowest BCUT2D eigenvalue weighted by atomic mass is 9.85. The molecule has 1 aromatic heterocycles. The first kappa shape index (κ1) is 25.6. The van der Waals surface area contributed by atoms with Gasteiger partial charge in [0.05, 0.1) is 21.8 Å². The number of benzene rings is 3. The zero-order chi connectivity index (χ0) is 27.6. The number of thiazole rings is 1. The summed E-state index contributed by atoms with van der Waals surface area (Å²) in [5, 5.41) is 12.5. The number of rotatable bonds is 3. The van der Waals surface area contributed by atoms with E-state index in [0.29, 0.717) is 33.2 Å². The average molecular weight is 559 g/mol. The van der Waals surface area contributed by atoms with E-state index in [2.05, 4.69) is 25.8 Å². The predicted octanol–water partition coefficient (Wildman–Crippen LogP) is 7.20.